The average Bonchev–Trinajstić information content (AvgIpc) is 3.38. The summed E-state index contributed by atoms with van der Waals surface area (Å²) < 4.78 is 2.36. The van der Waals surface area contributed by atoms with Crippen LogP contribution in [0, 0.1) is 5.92 Å². The number of hydrogen-bond donors (Lipinski definition) is 1. The standard InChI is InChI=1S/C19H32N4OS/c1-25-19-22-21-17(23(19)16-9-4-5-10-16)11-6-14-20-18(24)13-12-15-7-2-3-8-15/h15-16H,2-14H2,1H3,(H,20,24). The van der Waals surface area contributed by atoms with E-state index in [1.807, 2.05) is 0 Å². The Morgan fingerprint density at radius 1 is 1.16 bits per heavy atom. The van der Waals surface area contributed by atoms with Crippen molar-refractivity contribution in [3.8, 4) is 0 Å². The summed E-state index contributed by atoms with van der Waals surface area (Å²) in [6.07, 6.45) is 16.1. The molecule has 0 aromatic carbocycles. The number of carbonyl (C=O) groups excluding carboxylic acids is 1. The summed E-state index contributed by atoms with van der Waals surface area (Å²) in [7, 11) is 0. The van der Waals surface area contributed by atoms with E-state index in [1.165, 1.54) is 51.4 Å². The summed E-state index contributed by atoms with van der Waals surface area (Å²) in [6, 6.07) is 0.577. The van der Waals surface area contributed by atoms with E-state index in [1.54, 1.807) is 11.8 Å². The Balaban J connectivity index is 1.39. The molecule has 1 aromatic heterocycles. The van der Waals surface area contributed by atoms with Gasteiger partial charge in [-0.25, -0.2) is 0 Å². The van der Waals surface area contributed by atoms with E-state index in [4.69, 9.17) is 0 Å². The number of nitrogens with one attached hydrogen (secondary N) is 1. The first-order valence-corrected chi connectivity index (χ1v) is 11.2. The monoisotopic (exact) mass is 364 g/mol. The van der Waals surface area contributed by atoms with Crippen LogP contribution in [0.5, 0.6) is 0 Å². The van der Waals surface area contributed by atoms with E-state index < -0.39 is 0 Å². The molecule has 1 amide bonds. The van der Waals surface area contributed by atoms with Crippen LogP contribution >= 0.6 is 11.8 Å². The molecule has 5 nitrogen and oxygen atoms in total. The number of amides is 1. The van der Waals surface area contributed by atoms with Crippen LogP contribution < -0.4 is 5.32 Å². The predicted molar refractivity (Wildman–Crippen MR) is 102 cm³/mol. The summed E-state index contributed by atoms with van der Waals surface area (Å²) in [4.78, 5) is 12.0. The first-order chi connectivity index (χ1) is 12.3. The molecule has 0 unspecified atom stereocenters. The second kappa shape index (κ2) is 9.60. The molecule has 1 aromatic rings. The summed E-state index contributed by atoms with van der Waals surface area (Å²) in [5.74, 6) is 2.10. The lowest BCUT2D eigenvalue weighted by atomic mass is 10.0. The Bertz CT molecular complexity index is 548. The van der Waals surface area contributed by atoms with Crippen molar-refractivity contribution in [3.05, 3.63) is 5.82 Å². The van der Waals surface area contributed by atoms with Gasteiger partial charge in [0.2, 0.25) is 5.91 Å². The third-order valence-corrected chi connectivity index (χ3v) is 6.40. The van der Waals surface area contributed by atoms with Crippen molar-refractivity contribution >= 4 is 17.7 Å². The molecule has 0 atom stereocenters. The quantitative estimate of drug-likeness (QED) is 0.528. The van der Waals surface area contributed by atoms with Gasteiger partial charge >= 0.3 is 0 Å². The lowest BCUT2D eigenvalue weighted by Crippen LogP contribution is -2.25. The van der Waals surface area contributed by atoms with Crippen molar-refractivity contribution in [2.75, 3.05) is 12.8 Å². The second-order valence-electron chi connectivity index (χ2n) is 7.55. The van der Waals surface area contributed by atoms with Gasteiger partial charge in [0, 0.05) is 25.4 Å². The molecule has 140 valence electrons. The molecule has 25 heavy (non-hydrogen) atoms. The SMILES string of the molecule is CSc1nnc(CCCNC(=O)CCC2CCCC2)n1C1CCCC1. The highest BCUT2D eigenvalue weighted by molar-refractivity contribution is 7.98. The van der Waals surface area contributed by atoms with Gasteiger partial charge in [-0.05, 0) is 37.9 Å². The maximum Gasteiger partial charge on any atom is 0.220 e. The Hall–Kier alpha value is -1.04. The van der Waals surface area contributed by atoms with Gasteiger partial charge in [0.15, 0.2) is 5.16 Å². The first-order valence-electron chi connectivity index (χ1n) is 10.0. The van der Waals surface area contributed by atoms with Crippen molar-refractivity contribution < 1.29 is 4.79 Å². The molecule has 0 saturated heterocycles. The fourth-order valence-electron chi connectivity index (χ4n) is 4.34. The maximum atomic E-state index is 12.0. The Morgan fingerprint density at radius 2 is 1.88 bits per heavy atom. The van der Waals surface area contributed by atoms with Gasteiger partial charge in [0.1, 0.15) is 5.82 Å². The Labute approximate surface area is 155 Å². The Morgan fingerprint density at radius 3 is 2.60 bits per heavy atom. The van der Waals surface area contributed by atoms with E-state index in [0.717, 1.165) is 42.7 Å². The van der Waals surface area contributed by atoms with Gasteiger partial charge in [-0.15, -0.1) is 10.2 Å². The maximum absolute atomic E-state index is 12.0. The third-order valence-electron chi connectivity index (χ3n) is 5.76. The van der Waals surface area contributed by atoms with Crippen LogP contribution in [0.2, 0.25) is 0 Å². The molecule has 2 fully saturated rings. The summed E-state index contributed by atoms with van der Waals surface area (Å²) in [6.45, 7) is 0.746. The number of nitrogens with zero attached hydrogens (tertiary/aromatic N) is 3. The van der Waals surface area contributed by atoms with Crippen LogP contribution in [0.25, 0.3) is 0 Å². The zero-order valence-corrected chi connectivity index (χ0v) is 16.3. The molecule has 0 aliphatic heterocycles. The number of rotatable bonds is 9. The lowest BCUT2D eigenvalue weighted by molar-refractivity contribution is -0.121. The molecule has 2 aliphatic carbocycles. The van der Waals surface area contributed by atoms with Crippen molar-refractivity contribution in [1.82, 2.24) is 20.1 Å². The third kappa shape index (κ3) is 5.22. The molecule has 1 heterocycles. The number of aromatic nitrogens is 3. The smallest absolute Gasteiger partial charge is 0.220 e. The normalized spacial score (nSPS) is 18.9. The predicted octanol–water partition coefficient (Wildman–Crippen LogP) is 4.13. The highest BCUT2D eigenvalue weighted by Gasteiger charge is 2.23. The zero-order chi connectivity index (χ0) is 17.5. The second-order valence-corrected chi connectivity index (χ2v) is 8.33. The molecule has 2 saturated carbocycles. The van der Waals surface area contributed by atoms with E-state index in [0.29, 0.717) is 12.5 Å². The average molecular weight is 365 g/mol. The van der Waals surface area contributed by atoms with Crippen LogP contribution in [-0.2, 0) is 11.2 Å². The highest BCUT2D eigenvalue weighted by atomic mass is 32.2. The summed E-state index contributed by atoms with van der Waals surface area (Å²) in [5.41, 5.74) is 0. The van der Waals surface area contributed by atoms with E-state index in [-0.39, 0.29) is 5.91 Å². The molecule has 0 radical (unpaired) electrons. The van der Waals surface area contributed by atoms with E-state index in [2.05, 4.69) is 26.3 Å². The Kier molecular flexibility index (Phi) is 7.20. The topological polar surface area (TPSA) is 59.8 Å². The van der Waals surface area contributed by atoms with Gasteiger partial charge in [0.05, 0.1) is 0 Å². The van der Waals surface area contributed by atoms with Crippen molar-refractivity contribution in [1.29, 1.82) is 0 Å². The van der Waals surface area contributed by atoms with Crippen LogP contribution in [0.1, 0.15) is 82.5 Å². The molecule has 0 spiro atoms. The minimum Gasteiger partial charge on any atom is -0.356 e. The lowest BCUT2D eigenvalue weighted by Gasteiger charge is -2.16. The van der Waals surface area contributed by atoms with Gasteiger partial charge < -0.3 is 9.88 Å². The zero-order valence-electron chi connectivity index (χ0n) is 15.5. The molecular weight excluding hydrogens is 332 g/mol. The van der Waals surface area contributed by atoms with Gasteiger partial charge in [-0.1, -0.05) is 50.3 Å². The minimum atomic E-state index is 0.217. The van der Waals surface area contributed by atoms with Crippen molar-refractivity contribution in [2.45, 2.75) is 88.2 Å². The number of hydrogen-bond acceptors (Lipinski definition) is 4. The molecule has 0 bridgehead atoms. The van der Waals surface area contributed by atoms with Gasteiger partial charge in [0.25, 0.3) is 0 Å². The fourth-order valence-corrected chi connectivity index (χ4v) is 4.92. The fraction of sp³-hybridized carbons (Fsp3) is 0.842. The van der Waals surface area contributed by atoms with E-state index in [9.17, 15) is 4.79 Å². The first kappa shape index (κ1) is 18.7. The van der Waals surface area contributed by atoms with E-state index >= 15 is 0 Å². The van der Waals surface area contributed by atoms with Gasteiger partial charge in [-0.2, -0.15) is 0 Å². The van der Waals surface area contributed by atoms with Crippen LogP contribution in [-0.4, -0.2) is 33.5 Å². The van der Waals surface area contributed by atoms with Crippen LogP contribution in [0.3, 0.4) is 0 Å². The molecule has 6 heteroatoms. The molecule has 1 N–H and O–H groups in total. The molecule has 3 rings (SSSR count). The summed E-state index contributed by atoms with van der Waals surface area (Å²) in [5, 5.41) is 12.9. The van der Waals surface area contributed by atoms with Gasteiger partial charge in [-0.3, -0.25) is 4.79 Å². The largest absolute Gasteiger partial charge is 0.356 e. The number of thioether (sulfide) groups is 1. The number of carbonyl (C=O) groups is 1. The number of aryl methyl sites for hydroxylation is 1. The highest BCUT2D eigenvalue weighted by Crippen LogP contribution is 2.33. The molecular formula is C19H32N4OS. The van der Waals surface area contributed by atoms with Crippen molar-refractivity contribution in [3.63, 3.8) is 0 Å². The van der Waals surface area contributed by atoms with Crippen LogP contribution in [0.4, 0.5) is 0 Å². The summed E-state index contributed by atoms with van der Waals surface area (Å²) >= 11 is 1.69. The molecule has 2 aliphatic rings. The minimum absolute atomic E-state index is 0.217. The van der Waals surface area contributed by atoms with Crippen molar-refractivity contribution in [2.24, 2.45) is 5.92 Å². The van der Waals surface area contributed by atoms with Crippen LogP contribution in [0.15, 0.2) is 5.16 Å².